The molecule has 1 aliphatic rings. The van der Waals surface area contributed by atoms with Gasteiger partial charge in [-0.1, -0.05) is 0 Å². The molecule has 1 aromatic rings. The molecule has 0 saturated carbocycles. The number of hydrogen-bond donors (Lipinski definition) is 5. The second kappa shape index (κ2) is 5.11. The minimum absolute atomic E-state index is 0.0818. The van der Waals surface area contributed by atoms with E-state index in [0.29, 0.717) is 24.3 Å². The lowest BCUT2D eigenvalue weighted by atomic mass is 10.1. The Balaban J connectivity index is 2.32. The van der Waals surface area contributed by atoms with E-state index in [1.165, 1.54) is 0 Å². The maximum Gasteiger partial charge on any atom is 0.104 e. The first-order valence-electron chi connectivity index (χ1n) is 5.97. The van der Waals surface area contributed by atoms with Gasteiger partial charge in [-0.05, 0) is 18.2 Å². The molecule has 0 aromatic heterocycles. The van der Waals surface area contributed by atoms with Gasteiger partial charge in [0.2, 0.25) is 0 Å². The number of aliphatic hydroxyl groups is 2. The van der Waals surface area contributed by atoms with Crippen molar-refractivity contribution in [3.8, 4) is 0 Å². The van der Waals surface area contributed by atoms with E-state index in [1.807, 2.05) is 11.0 Å². The zero-order chi connectivity index (χ0) is 13.3. The Bertz CT molecular complexity index is 417. The van der Waals surface area contributed by atoms with Crippen molar-refractivity contribution in [3.05, 3.63) is 23.8 Å². The van der Waals surface area contributed by atoms with Crippen molar-refractivity contribution in [2.24, 2.45) is 11.5 Å². The Hall–Kier alpha value is -1.34. The number of hydrogen-bond acceptors (Lipinski definition) is 6. The zero-order valence-electron chi connectivity index (χ0n) is 10.2. The van der Waals surface area contributed by atoms with Crippen LogP contribution >= 0.6 is 0 Å². The Morgan fingerprint density at radius 1 is 1.28 bits per heavy atom. The van der Waals surface area contributed by atoms with Crippen molar-refractivity contribution in [3.63, 3.8) is 0 Å². The molecular formula is C12H20N4O2. The fraction of sp³-hybridized carbons (Fsp3) is 0.500. The number of rotatable bonds is 3. The van der Waals surface area contributed by atoms with Crippen LogP contribution in [0.25, 0.3) is 0 Å². The van der Waals surface area contributed by atoms with E-state index < -0.39 is 6.10 Å². The van der Waals surface area contributed by atoms with E-state index in [-0.39, 0.29) is 18.7 Å². The van der Waals surface area contributed by atoms with Gasteiger partial charge in [-0.25, -0.2) is 0 Å². The van der Waals surface area contributed by atoms with E-state index in [2.05, 4.69) is 0 Å². The first-order chi connectivity index (χ1) is 8.52. The van der Waals surface area contributed by atoms with Gasteiger partial charge in [0, 0.05) is 42.1 Å². The quantitative estimate of drug-likeness (QED) is 0.429. The lowest BCUT2D eigenvalue weighted by Crippen LogP contribution is -2.39. The van der Waals surface area contributed by atoms with Crippen LogP contribution in [0, 0.1) is 0 Å². The second-order valence-electron chi connectivity index (χ2n) is 4.75. The number of aliphatic hydroxyl groups excluding tert-OH is 2. The Kier molecular flexibility index (Phi) is 3.72. The van der Waals surface area contributed by atoms with Gasteiger partial charge in [0.15, 0.2) is 0 Å². The van der Waals surface area contributed by atoms with Crippen LogP contribution in [0.3, 0.4) is 0 Å². The van der Waals surface area contributed by atoms with Gasteiger partial charge in [-0.15, -0.1) is 0 Å². The molecule has 3 atom stereocenters. The number of nitrogens with zero attached hydrogens (tertiary/aromatic N) is 1. The summed E-state index contributed by atoms with van der Waals surface area (Å²) in [5.74, 6) is 0. The Morgan fingerprint density at radius 3 is 2.44 bits per heavy atom. The molecule has 2 rings (SSSR count). The maximum absolute atomic E-state index is 9.83. The third-order valence-corrected chi connectivity index (χ3v) is 3.34. The van der Waals surface area contributed by atoms with Crippen LogP contribution in [0.1, 0.15) is 11.7 Å². The summed E-state index contributed by atoms with van der Waals surface area (Å²) >= 11 is 0. The third kappa shape index (κ3) is 2.41. The molecule has 0 bridgehead atoms. The van der Waals surface area contributed by atoms with Gasteiger partial charge >= 0.3 is 0 Å². The molecule has 1 aliphatic heterocycles. The molecule has 1 fully saturated rings. The predicted octanol–water partition coefficient (Wildman–Crippen LogP) is -1.23. The first kappa shape index (κ1) is 13.1. The van der Waals surface area contributed by atoms with E-state index in [0.717, 1.165) is 5.69 Å². The average molecular weight is 252 g/mol. The SMILES string of the molecule is Nc1ccc(N2CC(N)C(N)C2)c(C(O)CO)c1. The van der Waals surface area contributed by atoms with E-state index >= 15 is 0 Å². The third-order valence-electron chi connectivity index (χ3n) is 3.34. The highest BCUT2D eigenvalue weighted by molar-refractivity contribution is 5.61. The Labute approximate surface area is 106 Å². The van der Waals surface area contributed by atoms with Crippen LogP contribution in [-0.4, -0.2) is 42.0 Å². The summed E-state index contributed by atoms with van der Waals surface area (Å²) in [5, 5.41) is 18.9. The monoisotopic (exact) mass is 252 g/mol. The van der Waals surface area contributed by atoms with Crippen molar-refractivity contribution in [1.29, 1.82) is 0 Å². The van der Waals surface area contributed by atoms with Crippen molar-refractivity contribution in [2.75, 3.05) is 30.3 Å². The first-order valence-corrected chi connectivity index (χ1v) is 5.97. The van der Waals surface area contributed by atoms with Crippen molar-refractivity contribution in [1.82, 2.24) is 0 Å². The number of anilines is 2. The summed E-state index contributed by atoms with van der Waals surface area (Å²) in [6, 6.07) is 5.10. The molecule has 6 nitrogen and oxygen atoms in total. The fourth-order valence-electron chi connectivity index (χ4n) is 2.28. The molecule has 0 radical (unpaired) electrons. The zero-order valence-corrected chi connectivity index (χ0v) is 10.2. The molecule has 1 aromatic carbocycles. The molecule has 6 heteroatoms. The molecule has 18 heavy (non-hydrogen) atoms. The number of benzene rings is 1. The molecule has 8 N–H and O–H groups in total. The summed E-state index contributed by atoms with van der Waals surface area (Å²) in [4.78, 5) is 2.02. The van der Waals surface area contributed by atoms with E-state index in [4.69, 9.17) is 22.3 Å². The lowest BCUT2D eigenvalue weighted by molar-refractivity contribution is 0.0959. The highest BCUT2D eigenvalue weighted by atomic mass is 16.3. The largest absolute Gasteiger partial charge is 0.399 e. The maximum atomic E-state index is 9.83. The van der Waals surface area contributed by atoms with Gasteiger partial charge in [-0.3, -0.25) is 0 Å². The Morgan fingerprint density at radius 2 is 1.89 bits per heavy atom. The lowest BCUT2D eigenvalue weighted by Gasteiger charge is -2.24. The van der Waals surface area contributed by atoms with E-state index in [1.54, 1.807) is 12.1 Å². The second-order valence-corrected chi connectivity index (χ2v) is 4.75. The summed E-state index contributed by atoms with van der Waals surface area (Å²) in [6.45, 7) is 0.925. The van der Waals surface area contributed by atoms with Crippen molar-refractivity contribution in [2.45, 2.75) is 18.2 Å². The minimum atomic E-state index is -0.948. The van der Waals surface area contributed by atoms with Crippen molar-refractivity contribution < 1.29 is 10.2 Å². The van der Waals surface area contributed by atoms with Gasteiger partial charge in [-0.2, -0.15) is 0 Å². The molecule has 1 heterocycles. The van der Waals surface area contributed by atoms with Crippen LogP contribution in [0.4, 0.5) is 11.4 Å². The molecule has 0 aliphatic carbocycles. The molecule has 100 valence electrons. The minimum Gasteiger partial charge on any atom is -0.399 e. The summed E-state index contributed by atoms with van der Waals surface area (Å²) in [7, 11) is 0. The van der Waals surface area contributed by atoms with Crippen LogP contribution < -0.4 is 22.1 Å². The number of nitrogens with two attached hydrogens (primary N) is 3. The summed E-state index contributed by atoms with van der Waals surface area (Å²) < 4.78 is 0. The normalized spacial score (nSPS) is 25.4. The fourth-order valence-corrected chi connectivity index (χ4v) is 2.28. The van der Waals surface area contributed by atoms with Crippen molar-refractivity contribution >= 4 is 11.4 Å². The van der Waals surface area contributed by atoms with Crippen LogP contribution in [0.5, 0.6) is 0 Å². The molecule has 0 amide bonds. The summed E-state index contributed by atoms with van der Waals surface area (Å²) in [5.41, 5.74) is 19.5. The van der Waals surface area contributed by atoms with Gasteiger partial charge in [0.25, 0.3) is 0 Å². The average Bonchev–Trinajstić information content (AvgIpc) is 2.68. The summed E-state index contributed by atoms with van der Waals surface area (Å²) in [6.07, 6.45) is -0.948. The standard InChI is InChI=1S/C12H20N4O2/c13-7-1-2-11(8(3-7)12(18)6-17)16-4-9(14)10(15)5-16/h1-3,9-10,12,17-18H,4-6,13-15H2. The smallest absolute Gasteiger partial charge is 0.104 e. The highest BCUT2D eigenvalue weighted by Crippen LogP contribution is 2.30. The highest BCUT2D eigenvalue weighted by Gasteiger charge is 2.29. The topological polar surface area (TPSA) is 122 Å². The van der Waals surface area contributed by atoms with E-state index in [9.17, 15) is 5.11 Å². The van der Waals surface area contributed by atoms with Crippen LogP contribution in [0.2, 0.25) is 0 Å². The van der Waals surface area contributed by atoms with Crippen LogP contribution in [-0.2, 0) is 0 Å². The molecule has 3 unspecified atom stereocenters. The predicted molar refractivity (Wildman–Crippen MR) is 71.1 cm³/mol. The molecule has 0 spiro atoms. The number of nitrogen functional groups attached to an aromatic ring is 1. The van der Waals surface area contributed by atoms with Gasteiger partial charge in [0.1, 0.15) is 6.10 Å². The molecule has 1 saturated heterocycles. The van der Waals surface area contributed by atoms with Gasteiger partial charge < -0.3 is 32.3 Å². The van der Waals surface area contributed by atoms with Gasteiger partial charge in [0.05, 0.1) is 6.61 Å². The molecular weight excluding hydrogens is 232 g/mol. The van der Waals surface area contributed by atoms with Crippen LogP contribution in [0.15, 0.2) is 18.2 Å².